The van der Waals surface area contributed by atoms with E-state index in [4.69, 9.17) is 0 Å². The second kappa shape index (κ2) is 7.10. The molecule has 134 valence electrons. The minimum absolute atomic E-state index is 0.0949. The number of sulfonamides is 1. The van der Waals surface area contributed by atoms with E-state index < -0.39 is 16.0 Å². The molecule has 0 aliphatic rings. The molecule has 3 aromatic rings. The monoisotopic (exact) mass is 391 g/mol. The molecule has 0 spiro atoms. The summed E-state index contributed by atoms with van der Waals surface area (Å²) in [5, 5.41) is 6.18. The van der Waals surface area contributed by atoms with Crippen molar-refractivity contribution >= 4 is 33.0 Å². The van der Waals surface area contributed by atoms with Gasteiger partial charge in [-0.05, 0) is 42.5 Å². The molecule has 10 heteroatoms. The molecule has 3 rings (SSSR count). The number of hydrogen-bond acceptors (Lipinski definition) is 7. The molecule has 0 atom stereocenters. The van der Waals surface area contributed by atoms with E-state index >= 15 is 0 Å². The highest BCUT2D eigenvalue weighted by atomic mass is 32.2. The van der Waals surface area contributed by atoms with E-state index in [1.54, 1.807) is 6.07 Å². The Hall–Kier alpha value is -2.98. The lowest BCUT2D eigenvalue weighted by atomic mass is 10.2. The van der Waals surface area contributed by atoms with E-state index in [9.17, 15) is 18.0 Å². The van der Waals surface area contributed by atoms with E-state index in [1.807, 2.05) is 0 Å². The van der Waals surface area contributed by atoms with Crippen molar-refractivity contribution in [2.45, 2.75) is 4.21 Å². The first-order chi connectivity index (χ1) is 12.4. The Morgan fingerprint density at radius 2 is 1.85 bits per heavy atom. The minimum Gasteiger partial charge on any atom is -0.465 e. The minimum atomic E-state index is -3.79. The number of benzene rings is 1. The zero-order valence-corrected chi connectivity index (χ0v) is 15.1. The zero-order chi connectivity index (χ0) is 18.7. The maximum absolute atomic E-state index is 12.5. The SMILES string of the molecule is COC(=O)c1ccc(NS(=O)(=O)c2ccc(-c3ccc(=O)[nH]n3)s2)cc1. The van der Waals surface area contributed by atoms with Gasteiger partial charge in [-0.3, -0.25) is 9.52 Å². The largest absolute Gasteiger partial charge is 0.465 e. The van der Waals surface area contributed by atoms with Crippen molar-refractivity contribution in [1.29, 1.82) is 0 Å². The van der Waals surface area contributed by atoms with E-state index in [2.05, 4.69) is 19.7 Å². The third-order valence-electron chi connectivity index (χ3n) is 3.34. The fourth-order valence-electron chi connectivity index (χ4n) is 2.08. The number of carbonyl (C=O) groups is 1. The Labute approximate surface area is 152 Å². The number of anilines is 1. The summed E-state index contributed by atoms with van der Waals surface area (Å²) in [5.41, 5.74) is 0.765. The van der Waals surface area contributed by atoms with Gasteiger partial charge in [0.25, 0.3) is 15.6 Å². The molecule has 0 radical (unpaired) electrons. The maximum Gasteiger partial charge on any atom is 0.337 e. The second-order valence-electron chi connectivity index (χ2n) is 5.10. The molecule has 2 heterocycles. The third-order valence-corrected chi connectivity index (χ3v) is 6.32. The van der Waals surface area contributed by atoms with Gasteiger partial charge >= 0.3 is 5.97 Å². The number of thiophene rings is 1. The lowest BCUT2D eigenvalue weighted by molar-refractivity contribution is 0.0601. The quantitative estimate of drug-likeness (QED) is 0.643. The van der Waals surface area contributed by atoms with Gasteiger partial charge in [-0.1, -0.05) is 0 Å². The number of ether oxygens (including phenoxy) is 1. The summed E-state index contributed by atoms with van der Waals surface area (Å²) >= 11 is 1.02. The van der Waals surface area contributed by atoms with E-state index in [1.165, 1.54) is 49.6 Å². The molecule has 8 nitrogen and oxygen atoms in total. The van der Waals surface area contributed by atoms with Crippen LogP contribution in [-0.2, 0) is 14.8 Å². The van der Waals surface area contributed by atoms with Crippen molar-refractivity contribution in [2.75, 3.05) is 11.8 Å². The Morgan fingerprint density at radius 1 is 1.12 bits per heavy atom. The first kappa shape index (κ1) is 17.8. The number of aromatic nitrogens is 2. The van der Waals surface area contributed by atoms with Crippen molar-refractivity contribution in [3.8, 4) is 10.6 Å². The topological polar surface area (TPSA) is 118 Å². The van der Waals surface area contributed by atoms with E-state index in [0.29, 0.717) is 21.8 Å². The van der Waals surface area contributed by atoms with Crippen LogP contribution in [-0.4, -0.2) is 31.7 Å². The molecule has 0 fully saturated rings. The second-order valence-corrected chi connectivity index (χ2v) is 8.09. The van der Waals surface area contributed by atoms with E-state index in [-0.39, 0.29) is 9.77 Å². The molecule has 0 saturated carbocycles. The molecule has 0 saturated heterocycles. The smallest absolute Gasteiger partial charge is 0.337 e. The van der Waals surface area contributed by atoms with Gasteiger partial charge in [-0.2, -0.15) is 5.10 Å². The molecule has 2 N–H and O–H groups in total. The number of rotatable bonds is 5. The lowest BCUT2D eigenvalue weighted by Crippen LogP contribution is -2.11. The van der Waals surface area contributed by atoms with Crippen LogP contribution >= 0.6 is 11.3 Å². The molecule has 0 aliphatic carbocycles. The van der Waals surface area contributed by atoms with Crippen molar-refractivity contribution < 1.29 is 17.9 Å². The highest BCUT2D eigenvalue weighted by Crippen LogP contribution is 2.30. The summed E-state index contributed by atoms with van der Waals surface area (Å²) in [6.07, 6.45) is 0. The van der Waals surface area contributed by atoms with Crippen molar-refractivity contribution in [3.63, 3.8) is 0 Å². The first-order valence-electron chi connectivity index (χ1n) is 7.26. The molecule has 2 aromatic heterocycles. The van der Waals surface area contributed by atoms with Gasteiger partial charge in [-0.15, -0.1) is 11.3 Å². The van der Waals surface area contributed by atoms with Gasteiger partial charge in [0, 0.05) is 11.8 Å². The normalized spacial score (nSPS) is 11.1. The number of methoxy groups -OCH3 is 1. The number of nitrogens with zero attached hydrogens (tertiary/aromatic N) is 1. The molecule has 0 amide bonds. The summed E-state index contributed by atoms with van der Waals surface area (Å²) in [6, 6.07) is 11.8. The summed E-state index contributed by atoms with van der Waals surface area (Å²) in [4.78, 5) is 23.1. The third kappa shape index (κ3) is 3.81. The Morgan fingerprint density at radius 3 is 2.46 bits per heavy atom. The van der Waals surface area contributed by atoms with Gasteiger partial charge in [0.15, 0.2) is 0 Å². The van der Waals surface area contributed by atoms with Crippen molar-refractivity contribution in [3.05, 3.63) is 64.4 Å². The van der Waals surface area contributed by atoms with E-state index in [0.717, 1.165) is 11.3 Å². The van der Waals surface area contributed by atoms with Gasteiger partial charge in [0.05, 0.1) is 17.6 Å². The predicted octanol–water partition coefficient (Wildman–Crippen LogP) is 2.09. The summed E-state index contributed by atoms with van der Waals surface area (Å²) in [5.74, 6) is -0.504. The molecule has 1 aromatic carbocycles. The number of esters is 1. The van der Waals surface area contributed by atoms with Crippen LogP contribution in [0.4, 0.5) is 5.69 Å². The van der Waals surface area contributed by atoms with Crippen LogP contribution in [0.1, 0.15) is 10.4 Å². The summed E-state index contributed by atoms with van der Waals surface area (Å²) < 4.78 is 32.1. The number of H-pyrrole nitrogens is 1. The highest BCUT2D eigenvalue weighted by Gasteiger charge is 2.18. The van der Waals surface area contributed by atoms with Gasteiger partial charge in [0.2, 0.25) is 0 Å². The lowest BCUT2D eigenvalue weighted by Gasteiger charge is -2.07. The van der Waals surface area contributed by atoms with Crippen molar-refractivity contribution in [1.82, 2.24) is 10.2 Å². The van der Waals surface area contributed by atoms with Crippen LogP contribution in [0.2, 0.25) is 0 Å². The van der Waals surface area contributed by atoms with Crippen LogP contribution < -0.4 is 10.3 Å². The summed E-state index contributed by atoms with van der Waals surface area (Å²) in [7, 11) is -2.53. The van der Waals surface area contributed by atoms with Crippen LogP contribution in [0.25, 0.3) is 10.6 Å². The molecule has 0 unspecified atom stereocenters. The summed E-state index contributed by atoms with van der Waals surface area (Å²) in [6.45, 7) is 0. The van der Waals surface area contributed by atoms with Gasteiger partial charge in [-0.25, -0.2) is 18.3 Å². The predicted molar refractivity (Wildman–Crippen MR) is 96.8 cm³/mol. The first-order valence-corrected chi connectivity index (χ1v) is 9.56. The number of hydrogen-bond donors (Lipinski definition) is 2. The Balaban J connectivity index is 1.81. The van der Waals surface area contributed by atoms with Crippen molar-refractivity contribution in [2.24, 2.45) is 0 Å². The number of carbonyl (C=O) groups excluding carboxylic acids is 1. The molecule has 0 bridgehead atoms. The fraction of sp³-hybridized carbons (Fsp3) is 0.0625. The highest BCUT2D eigenvalue weighted by molar-refractivity contribution is 7.94. The number of nitrogens with one attached hydrogen (secondary N) is 2. The van der Waals surface area contributed by atoms with Gasteiger partial charge in [0.1, 0.15) is 9.90 Å². The van der Waals surface area contributed by atoms with Crippen LogP contribution in [0, 0.1) is 0 Å². The average Bonchev–Trinajstić information content (AvgIpc) is 3.13. The Bertz CT molecular complexity index is 1080. The molecule has 26 heavy (non-hydrogen) atoms. The number of aromatic amines is 1. The maximum atomic E-state index is 12.5. The fourth-order valence-corrected chi connectivity index (χ4v) is 4.42. The Kier molecular flexibility index (Phi) is 4.87. The zero-order valence-electron chi connectivity index (χ0n) is 13.4. The average molecular weight is 391 g/mol. The standard InChI is InChI=1S/C16H13N3O5S2/c1-24-16(21)10-2-4-11(5-3-10)19-26(22,23)15-9-7-13(25-15)12-6-8-14(20)18-17-12/h2-9,19H,1H3,(H,18,20). The molecular formula is C16H13N3O5S2. The van der Waals surface area contributed by atoms with Crippen LogP contribution in [0.5, 0.6) is 0 Å². The molecule has 0 aliphatic heterocycles. The van der Waals surface area contributed by atoms with Crippen LogP contribution in [0.15, 0.2) is 57.5 Å². The van der Waals surface area contributed by atoms with Gasteiger partial charge < -0.3 is 4.74 Å². The molecular weight excluding hydrogens is 378 g/mol. The van der Waals surface area contributed by atoms with Crippen LogP contribution in [0.3, 0.4) is 0 Å².